The molecule has 0 bridgehead atoms. The molecule has 0 saturated heterocycles. The summed E-state index contributed by atoms with van der Waals surface area (Å²) in [4.78, 5) is 0. The molecule has 84 valence electrons. The first-order valence-electron chi connectivity index (χ1n) is 6.32. The second kappa shape index (κ2) is 5.16. The van der Waals surface area contributed by atoms with Crippen molar-refractivity contribution in [1.29, 1.82) is 0 Å². The predicted molar refractivity (Wildman–Crippen MR) is 61.3 cm³/mol. The third-order valence-electron chi connectivity index (χ3n) is 3.70. The molecule has 1 saturated carbocycles. The maximum atomic E-state index is 10.3. The molecule has 0 heterocycles. The van der Waals surface area contributed by atoms with Crippen LogP contribution in [0.2, 0.25) is 0 Å². The van der Waals surface area contributed by atoms with E-state index in [4.69, 9.17) is 0 Å². The van der Waals surface area contributed by atoms with E-state index >= 15 is 0 Å². The molecular formula is C13H26O. The zero-order chi connectivity index (χ0) is 10.6. The Labute approximate surface area is 88.9 Å². The molecule has 1 N–H and O–H groups in total. The molecular weight excluding hydrogens is 172 g/mol. The second-order valence-electron chi connectivity index (χ2n) is 5.25. The molecule has 1 aliphatic carbocycles. The fraction of sp³-hybridized carbons (Fsp3) is 1.00. The van der Waals surface area contributed by atoms with E-state index in [2.05, 4.69) is 13.8 Å². The van der Waals surface area contributed by atoms with Crippen molar-refractivity contribution < 1.29 is 5.11 Å². The SMILES string of the molecule is CCCCC(CC)CC(C)(O)C1CC1. The van der Waals surface area contributed by atoms with E-state index < -0.39 is 0 Å². The number of hydrogen-bond donors (Lipinski definition) is 1. The van der Waals surface area contributed by atoms with Crippen LogP contribution < -0.4 is 0 Å². The summed E-state index contributed by atoms with van der Waals surface area (Å²) >= 11 is 0. The quantitative estimate of drug-likeness (QED) is 0.660. The third kappa shape index (κ3) is 3.61. The summed E-state index contributed by atoms with van der Waals surface area (Å²) in [6.45, 7) is 6.54. The van der Waals surface area contributed by atoms with Gasteiger partial charge in [0.1, 0.15) is 0 Å². The lowest BCUT2D eigenvalue weighted by atomic mass is 9.84. The van der Waals surface area contributed by atoms with Gasteiger partial charge in [-0.15, -0.1) is 0 Å². The van der Waals surface area contributed by atoms with Gasteiger partial charge < -0.3 is 5.11 Å². The highest BCUT2D eigenvalue weighted by atomic mass is 16.3. The van der Waals surface area contributed by atoms with Crippen molar-refractivity contribution >= 4 is 0 Å². The summed E-state index contributed by atoms with van der Waals surface area (Å²) in [5, 5.41) is 10.3. The Morgan fingerprint density at radius 3 is 2.43 bits per heavy atom. The molecule has 0 amide bonds. The Hall–Kier alpha value is -0.0400. The van der Waals surface area contributed by atoms with Gasteiger partial charge in [-0.05, 0) is 38.0 Å². The maximum Gasteiger partial charge on any atom is 0.0650 e. The van der Waals surface area contributed by atoms with Crippen LogP contribution in [-0.4, -0.2) is 10.7 Å². The largest absolute Gasteiger partial charge is 0.390 e. The van der Waals surface area contributed by atoms with Crippen LogP contribution in [0.15, 0.2) is 0 Å². The average Bonchev–Trinajstić information content (AvgIpc) is 2.95. The number of unbranched alkanes of at least 4 members (excludes halogenated alkanes) is 1. The number of aliphatic hydroxyl groups is 1. The molecule has 14 heavy (non-hydrogen) atoms. The van der Waals surface area contributed by atoms with Crippen molar-refractivity contribution in [1.82, 2.24) is 0 Å². The van der Waals surface area contributed by atoms with Crippen LogP contribution >= 0.6 is 0 Å². The van der Waals surface area contributed by atoms with Gasteiger partial charge >= 0.3 is 0 Å². The lowest BCUT2D eigenvalue weighted by molar-refractivity contribution is 0.00995. The first kappa shape index (κ1) is 12.0. The Balaban J connectivity index is 2.30. The lowest BCUT2D eigenvalue weighted by Crippen LogP contribution is -2.30. The minimum atomic E-state index is -0.367. The van der Waals surface area contributed by atoms with Gasteiger partial charge in [0.2, 0.25) is 0 Å². The zero-order valence-corrected chi connectivity index (χ0v) is 10.1. The summed E-state index contributed by atoms with van der Waals surface area (Å²) in [7, 11) is 0. The number of rotatable bonds is 7. The van der Waals surface area contributed by atoms with Gasteiger partial charge in [0.25, 0.3) is 0 Å². The summed E-state index contributed by atoms with van der Waals surface area (Å²) in [6, 6.07) is 0. The Bertz CT molecular complexity index is 159. The molecule has 0 aliphatic heterocycles. The highest BCUT2D eigenvalue weighted by molar-refractivity contribution is 4.92. The molecule has 1 fully saturated rings. The van der Waals surface area contributed by atoms with Crippen molar-refractivity contribution in [3.63, 3.8) is 0 Å². The molecule has 1 aliphatic rings. The fourth-order valence-corrected chi connectivity index (χ4v) is 2.40. The summed E-state index contributed by atoms with van der Waals surface area (Å²) in [5.41, 5.74) is -0.367. The van der Waals surface area contributed by atoms with Crippen LogP contribution in [0, 0.1) is 11.8 Å². The summed E-state index contributed by atoms with van der Waals surface area (Å²) in [5.74, 6) is 1.35. The van der Waals surface area contributed by atoms with Crippen LogP contribution in [0.4, 0.5) is 0 Å². The molecule has 1 rings (SSSR count). The van der Waals surface area contributed by atoms with Crippen molar-refractivity contribution in [2.24, 2.45) is 11.8 Å². The normalized spacial score (nSPS) is 23.1. The first-order valence-corrected chi connectivity index (χ1v) is 6.32. The molecule has 1 heteroatoms. The highest BCUT2D eigenvalue weighted by Crippen LogP contribution is 2.43. The van der Waals surface area contributed by atoms with Gasteiger partial charge in [0.15, 0.2) is 0 Å². The van der Waals surface area contributed by atoms with Crippen LogP contribution in [0.1, 0.15) is 65.7 Å². The van der Waals surface area contributed by atoms with Crippen LogP contribution in [0.5, 0.6) is 0 Å². The van der Waals surface area contributed by atoms with Gasteiger partial charge in [-0.25, -0.2) is 0 Å². The van der Waals surface area contributed by atoms with E-state index in [1.54, 1.807) is 0 Å². The summed E-state index contributed by atoms with van der Waals surface area (Å²) < 4.78 is 0. The fourth-order valence-electron chi connectivity index (χ4n) is 2.40. The van der Waals surface area contributed by atoms with Crippen LogP contribution in [0.25, 0.3) is 0 Å². The molecule has 0 radical (unpaired) electrons. The van der Waals surface area contributed by atoms with Gasteiger partial charge in [0.05, 0.1) is 5.60 Å². The lowest BCUT2D eigenvalue weighted by Gasteiger charge is -2.28. The molecule has 0 aromatic rings. The average molecular weight is 198 g/mol. The van der Waals surface area contributed by atoms with E-state index in [-0.39, 0.29) is 5.60 Å². The van der Waals surface area contributed by atoms with Gasteiger partial charge in [0, 0.05) is 0 Å². The molecule has 2 unspecified atom stereocenters. The van der Waals surface area contributed by atoms with Crippen molar-refractivity contribution in [3.05, 3.63) is 0 Å². The van der Waals surface area contributed by atoms with E-state index in [1.807, 2.05) is 6.92 Å². The van der Waals surface area contributed by atoms with E-state index in [1.165, 1.54) is 38.5 Å². The van der Waals surface area contributed by atoms with E-state index in [9.17, 15) is 5.11 Å². The monoisotopic (exact) mass is 198 g/mol. The van der Waals surface area contributed by atoms with Gasteiger partial charge in [-0.1, -0.05) is 39.5 Å². The molecule has 0 aromatic heterocycles. The molecule has 1 nitrogen and oxygen atoms in total. The minimum absolute atomic E-state index is 0.367. The molecule has 0 spiro atoms. The van der Waals surface area contributed by atoms with Crippen LogP contribution in [-0.2, 0) is 0 Å². The summed E-state index contributed by atoms with van der Waals surface area (Å²) in [6.07, 6.45) is 8.64. The maximum absolute atomic E-state index is 10.3. The van der Waals surface area contributed by atoms with Gasteiger partial charge in [-0.3, -0.25) is 0 Å². The molecule has 2 atom stereocenters. The predicted octanol–water partition coefficient (Wildman–Crippen LogP) is 3.75. The molecule has 0 aromatic carbocycles. The second-order valence-corrected chi connectivity index (χ2v) is 5.25. The first-order chi connectivity index (χ1) is 6.60. The Morgan fingerprint density at radius 1 is 1.36 bits per heavy atom. The Kier molecular flexibility index (Phi) is 4.43. The standard InChI is InChI=1S/C13H26O/c1-4-6-7-11(5-2)10-13(3,14)12-8-9-12/h11-12,14H,4-10H2,1-3H3. The topological polar surface area (TPSA) is 20.2 Å². The number of hydrogen-bond acceptors (Lipinski definition) is 1. The van der Waals surface area contributed by atoms with Crippen molar-refractivity contribution in [2.45, 2.75) is 71.3 Å². The van der Waals surface area contributed by atoms with E-state index in [0.29, 0.717) is 5.92 Å². The zero-order valence-electron chi connectivity index (χ0n) is 10.1. The van der Waals surface area contributed by atoms with E-state index in [0.717, 1.165) is 12.3 Å². The van der Waals surface area contributed by atoms with Gasteiger partial charge in [-0.2, -0.15) is 0 Å². The highest BCUT2D eigenvalue weighted by Gasteiger charge is 2.40. The minimum Gasteiger partial charge on any atom is -0.390 e. The smallest absolute Gasteiger partial charge is 0.0650 e. The third-order valence-corrected chi connectivity index (χ3v) is 3.70. The van der Waals surface area contributed by atoms with Crippen LogP contribution in [0.3, 0.4) is 0 Å². The van der Waals surface area contributed by atoms with Crippen molar-refractivity contribution in [3.8, 4) is 0 Å². The van der Waals surface area contributed by atoms with Crippen molar-refractivity contribution in [2.75, 3.05) is 0 Å². The Morgan fingerprint density at radius 2 is 2.00 bits per heavy atom.